The van der Waals surface area contributed by atoms with Crippen molar-refractivity contribution < 1.29 is 13.5 Å². The number of hydrogen-bond donors (Lipinski definition) is 2. The van der Waals surface area contributed by atoms with Gasteiger partial charge in [0.15, 0.2) is 5.82 Å². The number of nitrogens with zero attached hydrogens (tertiary/aromatic N) is 3. The van der Waals surface area contributed by atoms with Gasteiger partial charge in [-0.2, -0.15) is 0 Å². The van der Waals surface area contributed by atoms with Crippen LogP contribution in [0.15, 0.2) is 40.3 Å². The molecule has 0 saturated carbocycles. The van der Waals surface area contributed by atoms with E-state index in [1.54, 1.807) is 18.2 Å². The van der Waals surface area contributed by atoms with E-state index in [0.29, 0.717) is 13.0 Å². The van der Waals surface area contributed by atoms with Crippen molar-refractivity contribution in [2.24, 2.45) is 0 Å². The molecule has 8 heteroatoms. The smallest absolute Gasteiger partial charge is 0.229 e. The number of benzene rings is 1. The van der Waals surface area contributed by atoms with Gasteiger partial charge < -0.3 is 10.8 Å². The van der Waals surface area contributed by atoms with E-state index in [1.807, 2.05) is 0 Å². The van der Waals surface area contributed by atoms with Gasteiger partial charge in [0.25, 0.3) is 0 Å². The third kappa shape index (κ3) is 2.59. The number of rotatable bonds is 5. The third-order valence-corrected chi connectivity index (χ3v) is 4.27. The zero-order valence-electron chi connectivity index (χ0n) is 10.1. The second-order valence-corrected chi connectivity index (χ2v) is 5.76. The lowest BCUT2D eigenvalue weighted by atomic mass is 10.4. The molecule has 0 atom stereocenters. The van der Waals surface area contributed by atoms with Crippen LogP contribution in [0.5, 0.6) is 0 Å². The highest BCUT2D eigenvalue weighted by molar-refractivity contribution is 7.91. The van der Waals surface area contributed by atoms with Crippen LogP contribution >= 0.6 is 0 Å². The van der Waals surface area contributed by atoms with Crippen molar-refractivity contribution >= 4 is 15.7 Å². The van der Waals surface area contributed by atoms with E-state index in [9.17, 15) is 8.42 Å². The first-order valence-electron chi connectivity index (χ1n) is 5.67. The quantitative estimate of drug-likeness (QED) is 0.803. The summed E-state index contributed by atoms with van der Waals surface area (Å²) in [5.41, 5.74) is 5.74. The summed E-state index contributed by atoms with van der Waals surface area (Å²) in [6, 6.07) is 7.92. The zero-order valence-corrected chi connectivity index (χ0v) is 10.9. The molecule has 0 aliphatic rings. The van der Waals surface area contributed by atoms with Crippen LogP contribution in [-0.4, -0.2) is 35.1 Å². The van der Waals surface area contributed by atoms with Crippen molar-refractivity contribution in [2.75, 3.05) is 12.3 Å². The van der Waals surface area contributed by atoms with E-state index < -0.39 is 9.84 Å². The van der Waals surface area contributed by atoms with Gasteiger partial charge in [-0.3, -0.25) is 0 Å². The van der Waals surface area contributed by atoms with Crippen LogP contribution in [0.2, 0.25) is 0 Å². The van der Waals surface area contributed by atoms with E-state index in [0.717, 1.165) is 0 Å². The Bertz CT molecular complexity index is 652. The number of aliphatic hydroxyl groups is 1. The summed E-state index contributed by atoms with van der Waals surface area (Å²) in [5.74, 6) is -0.0164. The van der Waals surface area contributed by atoms with Crippen molar-refractivity contribution in [3.05, 3.63) is 30.3 Å². The minimum atomic E-state index is -3.76. The summed E-state index contributed by atoms with van der Waals surface area (Å²) >= 11 is 0. The summed E-state index contributed by atoms with van der Waals surface area (Å²) in [4.78, 5) is 0.121. The lowest BCUT2D eigenvalue weighted by molar-refractivity contribution is 0.277. The van der Waals surface area contributed by atoms with Gasteiger partial charge in [-0.15, -0.1) is 5.10 Å². The van der Waals surface area contributed by atoms with Gasteiger partial charge in [0.05, 0.1) is 4.90 Å². The maximum Gasteiger partial charge on any atom is 0.229 e. The molecular formula is C11H14N4O3S. The molecule has 0 fully saturated rings. The summed E-state index contributed by atoms with van der Waals surface area (Å²) in [6.07, 6.45) is 0.429. The molecule has 0 unspecified atom stereocenters. The molecule has 3 N–H and O–H groups in total. The highest BCUT2D eigenvalue weighted by atomic mass is 32.2. The molecule has 0 aliphatic carbocycles. The van der Waals surface area contributed by atoms with Crippen LogP contribution in [0.4, 0.5) is 5.82 Å². The fraction of sp³-hybridized carbons (Fsp3) is 0.273. The Labute approximate surface area is 110 Å². The second kappa shape index (κ2) is 5.37. The second-order valence-electron chi connectivity index (χ2n) is 3.90. The molecule has 2 rings (SSSR count). The van der Waals surface area contributed by atoms with Crippen molar-refractivity contribution in [1.29, 1.82) is 0 Å². The van der Waals surface area contributed by atoms with Crippen LogP contribution in [0.3, 0.4) is 0 Å². The first-order chi connectivity index (χ1) is 9.07. The van der Waals surface area contributed by atoms with Crippen molar-refractivity contribution in [3.8, 4) is 0 Å². The fourth-order valence-electron chi connectivity index (χ4n) is 1.59. The lowest BCUT2D eigenvalue weighted by Crippen LogP contribution is -2.09. The van der Waals surface area contributed by atoms with Gasteiger partial charge in [-0.05, 0) is 18.6 Å². The fourth-order valence-corrected chi connectivity index (χ4v) is 2.86. The Morgan fingerprint density at radius 1 is 1.26 bits per heavy atom. The van der Waals surface area contributed by atoms with Gasteiger partial charge in [0, 0.05) is 13.2 Å². The molecule has 0 spiro atoms. The average Bonchev–Trinajstić information content (AvgIpc) is 2.79. The first kappa shape index (κ1) is 13.5. The molecule has 7 nitrogen and oxygen atoms in total. The van der Waals surface area contributed by atoms with Crippen LogP contribution in [0.1, 0.15) is 6.42 Å². The third-order valence-electron chi connectivity index (χ3n) is 2.58. The van der Waals surface area contributed by atoms with E-state index >= 15 is 0 Å². The van der Waals surface area contributed by atoms with E-state index in [4.69, 9.17) is 10.8 Å². The van der Waals surface area contributed by atoms with Crippen LogP contribution in [0, 0.1) is 0 Å². The highest BCUT2D eigenvalue weighted by Crippen LogP contribution is 2.23. The lowest BCUT2D eigenvalue weighted by Gasteiger charge is -2.03. The predicted octanol–water partition coefficient (Wildman–Crippen LogP) is 0.0755. The normalized spacial score (nSPS) is 11.6. The maximum absolute atomic E-state index is 12.3. The molecule has 102 valence electrons. The van der Waals surface area contributed by atoms with Crippen molar-refractivity contribution in [2.45, 2.75) is 22.9 Å². The standard InChI is InChI=1S/C11H14N4O3S/c12-10-11(13-14-15(10)7-4-8-16)19(17,18)9-5-2-1-3-6-9/h1-3,5-6,16H,4,7-8,12H2. The molecule has 19 heavy (non-hydrogen) atoms. The summed E-state index contributed by atoms with van der Waals surface area (Å²) in [5, 5.41) is 15.8. The summed E-state index contributed by atoms with van der Waals surface area (Å²) in [6.45, 7) is 0.291. The zero-order chi connectivity index (χ0) is 13.9. The van der Waals surface area contributed by atoms with Gasteiger partial charge >= 0.3 is 0 Å². The summed E-state index contributed by atoms with van der Waals surface area (Å²) < 4.78 is 25.9. The van der Waals surface area contributed by atoms with Crippen LogP contribution < -0.4 is 5.73 Å². The highest BCUT2D eigenvalue weighted by Gasteiger charge is 2.25. The molecule has 0 saturated heterocycles. The van der Waals surface area contributed by atoms with Gasteiger partial charge in [-0.25, -0.2) is 13.1 Å². The molecule has 0 radical (unpaired) electrons. The molecule has 1 aromatic carbocycles. The molecule has 0 bridgehead atoms. The number of aromatic nitrogens is 3. The largest absolute Gasteiger partial charge is 0.396 e. The Hall–Kier alpha value is -1.93. The minimum absolute atomic E-state index is 0.0164. The topological polar surface area (TPSA) is 111 Å². The first-order valence-corrected chi connectivity index (χ1v) is 7.15. The van der Waals surface area contributed by atoms with Crippen molar-refractivity contribution in [1.82, 2.24) is 15.0 Å². The monoisotopic (exact) mass is 282 g/mol. The Balaban J connectivity index is 2.40. The Morgan fingerprint density at radius 2 is 1.95 bits per heavy atom. The number of aryl methyl sites for hydroxylation is 1. The van der Waals surface area contributed by atoms with Crippen molar-refractivity contribution in [3.63, 3.8) is 0 Å². The van der Waals surface area contributed by atoms with Gasteiger partial charge in [0.2, 0.25) is 14.9 Å². The number of sulfone groups is 1. The molecule has 0 amide bonds. The number of nitrogens with two attached hydrogens (primary N) is 1. The number of nitrogen functional groups attached to an aromatic ring is 1. The van der Waals surface area contributed by atoms with Crippen LogP contribution in [0.25, 0.3) is 0 Å². The summed E-state index contributed by atoms with van der Waals surface area (Å²) in [7, 11) is -3.76. The molecular weight excluding hydrogens is 268 g/mol. The van der Waals surface area contributed by atoms with Gasteiger partial charge in [-0.1, -0.05) is 23.4 Å². The maximum atomic E-state index is 12.3. The van der Waals surface area contributed by atoms with E-state index in [-0.39, 0.29) is 22.3 Å². The Morgan fingerprint density at radius 3 is 2.58 bits per heavy atom. The van der Waals surface area contributed by atoms with Gasteiger partial charge in [0.1, 0.15) is 0 Å². The number of anilines is 1. The number of aliphatic hydroxyl groups excluding tert-OH is 1. The molecule has 2 aromatic rings. The van der Waals surface area contributed by atoms with Crippen LogP contribution in [-0.2, 0) is 16.4 Å². The molecule has 1 heterocycles. The SMILES string of the molecule is Nc1c(S(=O)(=O)c2ccccc2)nnn1CCCO. The molecule has 1 aromatic heterocycles. The molecule has 0 aliphatic heterocycles. The number of hydrogen-bond acceptors (Lipinski definition) is 6. The minimum Gasteiger partial charge on any atom is -0.396 e. The Kier molecular flexibility index (Phi) is 3.82. The van der Waals surface area contributed by atoms with E-state index in [1.165, 1.54) is 16.8 Å². The average molecular weight is 282 g/mol. The predicted molar refractivity (Wildman–Crippen MR) is 68.0 cm³/mol. The van der Waals surface area contributed by atoms with E-state index in [2.05, 4.69) is 10.3 Å².